The lowest BCUT2D eigenvalue weighted by molar-refractivity contribution is -0.130. The molecule has 31 heavy (non-hydrogen) atoms. The number of fused-ring (bicyclic) bond motifs is 1. The van der Waals surface area contributed by atoms with E-state index in [1.54, 1.807) is 18.4 Å². The molecule has 0 fully saturated rings. The van der Waals surface area contributed by atoms with E-state index in [-0.39, 0.29) is 5.91 Å². The molecule has 1 amide bonds. The van der Waals surface area contributed by atoms with Gasteiger partial charge < -0.3 is 19.1 Å². The second kappa shape index (κ2) is 9.88. The zero-order chi connectivity index (χ0) is 21.6. The molecule has 1 aliphatic heterocycles. The summed E-state index contributed by atoms with van der Waals surface area (Å²) in [6, 6.07) is 16.0. The lowest BCUT2D eigenvalue weighted by Crippen LogP contribution is -2.31. The van der Waals surface area contributed by atoms with Crippen molar-refractivity contribution < 1.29 is 19.0 Å². The summed E-state index contributed by atoms with van der Waals surface area (Å²) in [5.41, 5.74) is 3.23. The van der Waals surface area contributed by atoms with E-state index < -0.39 is 0 Å². The predicted octanol–water partition coefficient (Wildman–Crippen LogP) is 4.86. The summed E-state index contributed by atoms with van der Waals surface area (Å²) in [5, 5.41) is 2.03. The number of nitrogens with zero attached hydrogens (tertiary/aromatic N) is 1. The van der Waals surface area contributed by atoms with Crippen molar-refractivity contribution in [1.82, 2.24) is 4.90 Å². The highest BCUT2D eigenvalue weighted by Crippen LogP contribution is 2.30. The molecule has 2 aromatic carbocycles. The summed E-state index contributed by atoms with van der Waals surface area (Å²) in [7, 11) is 1.64. The highest BCUT2D eigenvalue weighted by molar-refractivity contribution is 7.09. The fourth-order valence-electron chi connectivity index (χ4n) is 3.71. The highest BCUT2D eigenvalue weighted by atomic mass is 32.1. The summed E-state index contributed by atoms with van der Waals surface area (Å²) in [6.07, 6.45) is 1.30. The summed E-state index contributed by atoms with van der Waals surface area (Å²) >= 11 is 1.66. The fourth-order valence-corrected chi connectivity index (χ4v) is 4.32. The Morgan fingerprint density at radius 2 is 2.00 bits per heavy atom. The standard InChI is InChI=1S/C25H27NO4S/c1-3-26(25(27)15-18-6-8-22-20(13-18)10-11-29-22)16-19-7-9-23(24(14-19)28-2)30-17-21-5-4-12-31-21/h4-9,12-14H,3,10-11,15-17H2,1-2H3. The topological polar surface area (TPSA) is 48.0 Å². The maximum Gasteiger partial charge on any atom is 0.227 e. The van der Waals surface area contributed by atoms with Crippen LogP contribution in [0.1, 0.15) is 28.5 Å². The van der Waals surface area contributed by atoms with Crippen LogP contribution < -0.4 is 14.2 Å². The lowest BCUT2D eigenvalue weighted by atomic mass is 10.1. The van der Waals surface area contributed by atoms with Crippen LogP contribution in [0, 0.1) is 0 Å². The molecule has 3 aromatic rings. The van der Waals surface area contributed by atoms with Gasteiger partial charge in [0.15, 0.2) is 11.5 Å². The number of rotatable bonds is 9. The summed E-state index contributed by atoms with van der Waals surface area (Å²) in [5.74, 6) is 2.43. The van der Waals surface area contributed by atoms with Crippen LogP contribution in [0.2, 0.25) is 0 Å². The molecule has 1 aliphatic rings. The minimum Gasteiger partial charge on any atom is -0.493 e. The van der Waals surface area contributed by atoms with Crippen molar-refractivity contribution in [2.75, 3.05) is 20.3 Å². The number of benzene rings is 2. The van der Waals surface area contributed by atoms with Gasteiger partial charge in [0, 0.05) is 24.4 Å². The van der Waals surface area contributed by atoms with E-state index in [0.717, 1.165) is 34.8 Å². The van der Waals surface area contributed by atoms with Gasteiger partial charge in [-0.3, -0.25) is 4.79 Å². The third kappa shape index (κ3) is 5.20. The Kier molecular flexibility index (Phi) is 6.77. The number of hydrogen-bond acceptors (Lipinski definition) is 5. The van der Waals surface area contributed by atoms with Crippen LogP contribution in [-0.2, 0) is 30.8 Å². The monoisotopic (exact) mass is 437 g/mol. The quantitative estimate of drug-likeness (QED) is 0.480. The molecule has 0 bridgehead atoms. The second-order valence-corrected chi connectivity index (χ2v) is 8.51. The Hall–Kier alpha value is -2.99. The minimum absolute atomic E-state index is 0.110. The third-order valence-electron chi connectivity index (χ3n) is 5.40. The normalized spacial score (nSPS) is 12.2. The Balaban J connectivity index is 1.40. The van der Waals surface area contributed by atoms with Crippen molar-refractivity contribution in [3.05, 3.63) is 75.5 Å². The van der Waals surface area contributed by atoms with Crippen molar-refractivity contribution >= 4 is 17.2 Å². The van der Waals surface area contributed by atoms with Crippen LogP contribution in [0.4, 0.5) is 0 Å². The molecule has 0 spiro atoms. The number of methoxy groups -OCH3 is 1. The largest absolute Gasteiger partial charge is 0.493 e. The van der Waals surface area contributed by atoms with Gasteiger partial charge in [-0.15, -0.1) is 11.3 Å². The average Bonchev–Trinajstić information content (AvgIpc) is 3.47. The Labute approximate surface area is 187 Å². The van der Waals surface area contributed by atoms with E-state index in [9.17, 15) is 4.79 Å². The van der Waals surface area contributed by atoms with Gasteiger partial charge in [-0.1, -0.05) is 24.3 Å². The summed E-state index contributed by atoms with van der Waals surface area (Å²) < 4.78 is 17.0. The predicted molar refractivity (Wildman–Crippen MR) is 122 cm³/mol. The smallest absolute Gasteiger partial charge is 0.227 e. The number of hydrogen-bond donors (Lipinski definition) is 0. The molecule has 0 N–H and O–H groups in total. The zero-order valence-electron chi connectivity index (χ0n) is 17.9. The van der Waals surface area contributed by atoms with Crippen molar-refractivity contribution in [2.24, 2.45) is 0 Å². The Morgan fingerprint density at radius 3 is 2.77 bits per heavy atom. The Morgan fingerprint density at radius 1 is 1.13 bits per heavy atom. The first-order chi connectivity index (χ1) is 15.2. The first-order valence-corrected chi connectivity index (χ1v) is 11.4. The molecule has 2 heterocycles. The number of likely N-dealkylation sites (N-methyl/N-ethyl adjacent to an activating group) is 1. The SMILES string of the molecule is CCN(Cc1ccc(OCc2cccs2)c(OC)c1)C(=O)Cc1ccc2c(c1)CCO2. The van der Waals surface area contributed by atoms with Crippen LogP contribution in [0.5, 0.6) is 17.2 Å². The first-order valence-electron chi connectivity index (χ1n) is 10.5. The second-order valence-electron chi connectivity index (χ2n) is 7.48. The van der Waals surface area contributed by atoms with E-state index >= 15 is 0 Å². The molecule has 5 nitrogen and oxygen atoms in total. The van der Waals surface area contributed by atoms with Crippen molar-refractivity contribution in [2.45, 2.75) is 32.9 Å². The first kappa shape index (κ1) is 21.2. The molecule has 4 rings (SSSR count). The maximum atomic E-state index is 12.9. The van der Waals surface area contributed by atoms with E-state index in [0.29, 0.717) is 37.6 Å². The number of carbonyl (C=O) groups excluding carboxylic acids is 1. The lowest BCUT2D eigenvalue weighted by Gasteiger charge is -2.22. The highest BCUT2D eigenvalue weighted by Gasteiger charge is 2.17. The number of carbonyl (C=O) groups is 1. The summed E-state index contributed by atoms with van der Waals surface area (Å²) in [6.45, 7) is 4.42. The molecule has 0 radical (unpaired) electrons. The number of ether oxygens (including phenoxy) is 3. The minimum atomic E-state index is 0.110. The molecule has 0 unspecified atom stereocenters. The van der Waals surface area contributed by atoms with Gasteiger partial charge in [0.1, 0.15) is 12.4 Å². The van der Waals surface area contributed by atoms with Crippen LogP contribution in [0.15, 0.2) is 53.9 Å². The molecule has 1 aromatic heterocycles. The molecule has 0 aliphatic carbocycles. The number of amides is 1. The maximum absolute atomic E-state index is 12.9. The Bertz CT molecular complexity index is 1030. The fraction of sp³-hybridized carbons (Fsp3) is 0.320. The van der Waals surface area contributed by atoms with Gasteiger partial charge in [-0.05, 0) is 53.3 Å². The van der Waals surface area contributed by atoms with Gasteiger partial charge in [-0.2, -0.15) is 0 Å². The molecule has 6 heteroatoms. The van der Waals surface area contributed by atoms with E-state index in [1.165, 1.54) is 5.56 Å². The molecule has 0 saturated carbocycles. The average molecular weight is 438 g/mol. The van der Waals surface area contributed by atoms with Crippen LogP contribution in [0.3, 0.4) is 0 Å². The van der Waals surface area contributed by atoms with Gasteiger partial charge >= 0.3 is 0 Å². The number of thiophene rings is 1. The zero-order valence-corrected chi connectivity index (χ0v) is 18.7. The molecular formula is C25H27NO4S. The van der Waals surface area contributed by atoms with Gasteiger partial charge in [0.25, 0.3) is 0 Å². The van der Waals surface area contributed by atoms with Gasteiger partial charge in [-0.25, -0.2) is 0 Å². The van der Waals surface area contributed by atoms with Gasteiger partial charge in [0.05, 0.1) is 20.1 Å². The van der Waals surface area contributed by atoms with E-state index in [2.05, 4.69) is 6.07 Å². The van der Waals surface area contributed by atoms with E-state index in [4.69, 9.17) is 14.2 Å². The van der Waals surface area contributed by atoms with Gasteiger partial charge in [0.2, 0.25) is 5.91 Å². The van der Waals surface area contributed by atoms with Crippen LogP contribution in [-0.4, -0.2) is 31.1 Å². The van der Waals surface area contributed by atoms with E-state index in [1.807, 2.05) is 59.7 Å². The third-order valence-corrected chi connectivity index (χ3v) is 6.25. The van der Waals surface area contributed by atoms with Crippen molar-refractivity contribution in [3.8, 4) is 17.2 Å². The molecule has 0 atom stereocenters. The van der Waals surface area contributed by atoms with Crippen LogP contribution >= 0.6 is 11.3 Å². The molecule has 162 valence electrons. The van der Waals surface area contributed by atoms with Crippen molar-refractivity contribution in [3.63, 3.8) is 0 Å². The summed E-state index contributed by atoms with van der Waals surface area (Å²) in [4.78, 5) is 16.0. The van der Waals surface area contributed by atoms with Crippen LogP contribution in [0.25, 0.3) is 0 Å². The molecular weight excluding hydrogens is 410 g/mol. The van der Waals surface area contributed by atoms with Crippen molar-refractivity contribution in [1.29, 1.82) is 0 Å². The molecule has 0 saturated heterocycles.